The van der Waals surface area contributed by atoms with Gasteiger partial charge in [0.1, 0.15) is 5.82 Å². The number of pyridine rings is 2. The molecule has 4 rings (SSSR count). The molecular formula is C23H29N5O3S. The van der Waals surface area contributed by atoms with Crippen molar-refractivity contribution in [3.05, 3.63) is 47.3 Å². The summed E-state index contributed by atoms with van der Waals surface area (Å²) < 4.78 is 5.12. The number of aliphatic carboxylic acids is 1. The maximum Gasteiger partial charge on any atom is 0.305 e. The first-order chi connectivity index (χ1) is 15.5. The van der Waals surface area contributed by atoms with Gasteiger partial charge in [-0.25, -0.2) is 9.97 Å². The van der Waals surface area contributed by atoms with E-state index in [1.165, 1.54) is 5.56 Å². The summed E-state index contributed by atoms with van der Waals surface area (Å²) in [5, 5.41) is 13.6. The largest absolute Gasteiger partial charge is 0.481 e. The summed E-state index contributed by atoms with van der Waals surface area (Å²) in [7, 11) is 1.56. The third-order valence-corrected chi connectivity index (χ3v) is 6.53. The van der Waals surface area contributed by atoms with Crippen molar-refractivity contribution < 1.29 is 14.6 Å². The Balaban J connectivity index is 1.36. The van der Waals surface area contributed by atoms with E-state index in [0.29, 0.717) is 17.5 Å². The number of ether oxygens (including phenoxy) is 1. The third kappa shape index (κ3) is 5.09. The predicted octanol–water partition coefficient (Wildman–Crippen LogP) is 2.89. The van der Waals surface area contributed by atoms with Crippen molar-refractivity contribution in [2.24, 2.45) is 0 Å². The second-order valence-electron chi connectivity index (χ2n) is 8.15. The average Bonchev–Trinajstić information content (AvgIpc) is 3.17. The molecule has 2 N–H and O–H groups in total. The molecule has 9 heteroatoms. The van der Waals surface area contributed by atoms with Crippen LogP contribution in [0.2, 0.25) is 0 Å². The molecule has 0 bridgehead atoms. The summed E-state index contributed by atoms with van der Waals surface area (Å²) in [6.07, 6.45) is 5.71. The maximum absolute atomic E-state index is 11.5. The predicted molar refractivity (Wildman–Crippen MR) is 126 cm³/mol. The topological polar surface area (TPSA) is 90.8 Å². The molecule has 0 spiro atoms. The van der Waals surface area contributed by atoms with E-state index in [9.17, 15) is 9.90 Å². The molecule has 0 aromatic carbocycles. The number of methoxy groups -OCH3 is 1. The van der Waals surface area contributed by atoms with E-state index in [1.807, 2.05) is 11.0 Å². The van der Waals surface area contributed by atoms with Crippen LogP contribution in [0.1, 0.15) is 42.1 Å². The Labute approximate surface area is 193 Å². The molecule has 0 unspecified atom stereocenters. The first kappa shape index (κ1) is 22.3. The van der Waals surface area contributed by atoms with Gasteiger partial charge in [0.2, 0.25) is 5.88 Å². The molecule has 1 saturated heterocycles. The quantitative estimate of drug-likeness (QED) is 0.554. The highest BCUT2D eigenvalue weighted by atomic mass is 32.1. The zero-order chi connectivity index (χ0) is 22.5. The van der Waals surface area contributed by atoms with Crippen molar-refractivity contribution >= 4 is 29.1 Å². The fourth-order valence-electron chi connectivity index (χ4n) is 4.34. The molecule has 8 nitrogen and oxygen atoms in total. The second-order valence-corrected chi connectivity index (χ2v) is 8.52. The molecule has 1 fully saturated rings. The highest BCUT2D eigenvalue weighted by Gasteiger charge is 2.32. The van der Waals surface area contributed by atoms with Gasteiger partial charge in [-0.3, -0.25) is 4.79 Å². The molecule has 2 aromatic heterocycles. The Morgan fingerprint density at radius 3 is 2.94 bits per heavy atom. The van der Waals surface area contributed by atoms with Gasteiger partial charge >= 0.3 is 5.97 Å². The molecule has 32 heavy (non-hydrogen) atoms. The van der Waals surface area contributed by atoms with Crippen LogP contribution >= 0.6 is 12.2 Å². The molecule has 0 amide bonds. The highest BCUT2D eigenvalue weighted by Crippen LogP contribution is 2.29. The van der Waals surface area contributed by atoms with E-state index in [1.54, 1.807) is 19.4 Å². The molecule has 0 saturated carbocycles. The van der Waals surface area contributed by atoms with Gasteiger partial charge in [-0.15, -0.1) is 0 Å². The number of carbonyl (C=O) groups is 1. The molecular weight excluding hydrogens is 426 g/mol. The van der Waals surface area contributed by atoms with E-state index < -0.39 is 5.97 Å². The Bertz CT molecular complexity index is 969. The summed E-state index contributed by atoms with van der Waals surface area (Å²) >= 11 is 5.74. The van der Waals surface area contributed by atoms with Gasteiger partial charge in [0, 0.05) is 44.1 Å². The minimum Gasteiger partial charge on any atom is -0.481 e. The minimum absolute atomic E-state index is 0.0337. The Kier molecular flexibility index (Phi) is 7.04. The molecule has 170 valence electrons. The first-order valence-corrected chi connectivity index (χ1v) is 11.5. The molecule has 2 aromatic rings. The average molecular weight is 456 g/mol. The summed E-state index contributed by atoms with van der Waals surface area (Å²) in [6, 6.07) is 7.57. The number of thiocarbonyl (C=S) groups is 1. The molecule has 2 aliphatic rings. The lowest BCUT2D eigenvalue weighted by atomic mass is 10.0. The van der Waals surface area contributed by atoms with Crippen LogP contribution in [-0.2, 0) is 17.6 Å². The molecule has 0 aliphatic carbocycles. The number of carboxylic acid groups (broad SMARTS) is 1. The number of rotatable bonds is 9. The van der Waals surface area contributed by atoms with Crippen LogP contribution < -0.4 is 10.1 Å². The summed E-state index contributed by atoms with van der Waals surface area (Å²) in [5.74, 6) is 0.667. The van der Waals surface area contributed by atoms with Gasteiger partial charge in [0.05, 0.1) is 19.6 Å². The minimum atomic E-state index is -0.862. The van der Waals surface area contributed by atoms with Crippen molar-refractivity contribution in [1.29, 1.82) is 0 Å². The molecule has 4 heterocycles. The number of hydrogen-bond donors (Lipinski definition) is 2. The second kappa shape index (κ2) is 10.1. The van der Waals surface area contributed by atoms with Gasteiger partial charge in [-0.05, 0) is 55.1 Å². The number of fused-ring (bicyclic) bond motifs is 1. The van der Waals surface area contributed by atoms with Crippen molar-refractivity contribution in [2.75, 3.05) is 38.6 Å². The number of aryl methyl sites for hydroxylation is 2. The smallest absolute Gasteiger partial charge is 0.305 e. The molecule has 1 atom stereocenters. The Morgan fingerprint density at radius 2 is 2.19 bits per heavy atom. The Hall–Kier alpha value is -2.94. The fraction of sp³-hybridized carbons (Fsp3) is 0.478. The maximum atomic E-state index is 11.5. The molecule has 2 aliphatic heterocycles. The molecule has 0 radical (unpaired) electrons. The van der Waals surface area contributed by atoms with E-state index in [0.717, 1.165) is 62.4 Å². The fourth-order valence-corrected chi connectivity index (χ4v) is 4.74. The normalized spacial score (nSPS) is 16.5. The van der Waals surface area contributed by atoms with Crippen LogP contribution in [0.5, 0.6) is 5.88 Å². The van der Waals surface area contributed by atoms with Gasteiger partial charge in [0.25, 0.3) is 0 Å². The number of nitrogens with one attached hydrogen (secondary N) is 1. The van der Waals surface area contributed by atoms with E-state index >= 15 is 0 Å². The van der Waals surface area contributed by atoms with Crippen LogP contribution in [0.25, 0.3) is 0 Å². The van der Waals surface area contributed by atoms with Crippen LogP contribution in [0.15, 0.2) is 30.5 Å². The highest BCUT2D eigenvalue weighted by molar-refractivity contribution is 7.80. The van der Waals surface area contributed by atoms with Crippen LogP contribution in [-0.4, -0.2) is 69.2 Å². The monoisotopic (exact) mass is 455 g/mol. The Morgan fingerprint density at radius 1 is 1.31 bits per heavy atom. The number of aromatic nitrogens is 2. The lowest BCUT2D eigenvalue weighted by Gasteiger charge is -2.29. The van der Waals surface area contributed by atoms with Gasteiger partial charge in [-0.1, -0.05) is 12.1 Å². The number of hydrogen-bond acceptors (Lipinski definition) is 6. The summed E-state index contributed by atoms with van der Waals surface area (Å²) in [5.41, 5.74) is 3.21. The zero-order valence-electron chi connectivity index (χ0n) is 18.3. The van der Waals surface area contributed by atoms with Gasteiger partial charge in [0.15, 0.2) is 5.11 Å². The van der Waals surface area contributed by atoms with Crippen molar-refractivity contribution in [2.45, 2.75) is 38.1 Å². The van der Waals surface area contributed by atoms with Crippen molar-refractivity contribution in [1.82, 2.24) is 19.8 Å². The summed E-state index contributed by atoms with van der Waals surface area (Å²) in [4.78, 5) is 24.7. The van der Waals surface area contributed by atoms with E-state index in [2.05, 4.69) is 27.3 Å². The number of carboxylic acids is 1. The lowest BCUT2D eigenvalue weighted by Crippen LogP contribution is -2.36. The number of nitrogens with zero attached hydrogens (tertiary/aromatic N) is 4. The SMILES string of the molecule is COc1ccc([C@H](CC(=O)O)N2CCN(CCCc3ccc4c(n3)NCCC4)C2=S)cn1. The first-order valence-electron chi connectivity index (χ1n) is 11.0. The standard InChI is InChI=1S/C23H29N5O3S/c1-31-20-9-7-17(15-25-20)19(14-21(29)30)28-13-12-27(23(28)32)11-3-5-18-8-6-16-4-2-10-24-22(16)26-18/h6-9,15,19H,2-5,10-14H2,1H3,(H,24,26)(H,29,30)/t19-/m0/s1. The van der Waals surface area contributed by atoms with E-state index in [4.69, 9.17) is 21.9 Å². The van der Waals surface area contributed by atoms with Gasteiger partial charge < -0.3 is 25.0 Å². The van der Waals surface area contributed by atoms with Crippen LogP contribution in [0, 0.1) is 0 Å². The van der Waals surface area contributed by atoms with Crippen molar-refractivity contribution in [3.63, 3.8) is 0 Å². The van der Waals surface area contributed by atoms with Crippen LogP contribution in [0.4, 0.5) is 5.82 Å². The van der Waals surface area contributed by atoms with Crippen molar-refractivity contribution in [3.8, 4) is 5.88 Å². The van der Waals surface area contributed by atoms with Gasteiger partial charge in [-0.2, -0.15) is 0 Å². The zero-order valence-corrected chi connectivity index (χ0v) is 19.1. The lowest BCUT2D eigenvalue weighted by molar-refractivity contribution is -0.138. The van der Waals surface area contributed by atoms with Crippen LogP contribution in [0.3, 0.4) is 0 Å². The number of anilines is 1. The summed E-state index contributed by atoms with van der Waals surface area (Å²) in [6.45, 7) is 3.30. The third-order valence-electron chi connectivity index (χ3n) is 6.04. The van der Waals surface area contributed by atoms with E-state index in [-0.39, 0.29) is 12.5 Å².